The Bertz CT molecular complexity index is 1560. The molecule has 3 aromatic carbocycles. The summed E-state index contributed by atoms with van der Waals surface area (Å²) in [7, 11) is 0. The molecule has 4 atom stereocenters. The van der Waals surface area contributed by atoms with Crippen LogP contribution >= 0.6 is 0 Å². The molecule has 3 saturated heterocycles. The van der Waals surface area contributed by atoms with Gasteiger partial charge in [-0.2, -0.15) is 0 Å². The van der Waals surface area contributed by atoms with E-state index >= 15 is 0 Å². The molecule has 0 radical (unpaired) electrons. The first kappa shape index (κ1) is 37.2. The van der Waals surface area contributed by atoms with Gasteiger partial charge in [0.2, 0.25) is 11.8 Å². The second-order valence-corrected chi connectivity index (χ2v) is 14.5. The van der Waals surface area contributed by atoms with Gasteiger partial charge in [-0.1, -0.05) is 67.1 Å². The van der Waals surface area contributed by atoms with Crippen LogP contribution in [0.3, 0.4) is 0 Å². The highest BCUT2D eigenvalue weighted by Gasteiger charge is 2.36. The van der Waals surface area contributed by atoms with Crippen LogP contribution in [-0.4, -0.2) is 78.1 Å². The molecule has 274 valence electrons. The number of carbonyl (C=O) groups is 2. The molecule has 0 spiro atoms. The number of benzene rings is 3. The summed E-state index contributed by atoms with van der Waals surface area (Å²) in [6.45, 7) is 8.29. The maximum Gasteiger partial charge on any atom is 0.220 e. The second kappa shape index (κ2) is 18.8. The van der Waals surface area contributed by atoms with Gasteiger partial charge in [0.1, 0.15) is 0 Å². The molecule has 3 fully saturated rings. The highest BCUT2D eigenvalue weighted by molar-refractivity contribution is 5.76. The third-order valence-electron chi connectivity index (χ3n) is 10.6. The SMILES string of the molecule is CC(=O)NCCCCCC(=O)NCc1cccc(-c2cccc([C@H]3O[C@@H](CN4CCC[C@H]4CN4CCCC4)C[C@@H](c4ccc(CO)cc4)O3)c2)c1. The molecule has 0 saturated carbocycles. The number of ether oxygens (including phenoxy) is 2. The largest absolute Gasteiger partial charge is 0.392 e. The van der Waals surface area contributed by atoms with Crippen LogP contribution in [0.1, 0.15) is 99.4 Å². The van der Waals surface area contributed by atoms with Crippen molar-refractivity contribution >= 4 is 11.8 Å². The number of likely N-dealkylation sites (tertiary alicyclic amines) is 2. The van der Waals surface area contributed by atoms with Crippen LogP contribution in [0, 0.1) is 0 Å². The number of rotatable bonds is 16. The standard InChI is InChI=1S/C42H56N4O5/c1-31(48)43-20-4-2-3-15-41(49)44-27-33-10-7-11-35(24-33)36-12-8-13-37(25-36)42-50-39(26-40(51-42)34-18-16-32(30-47)17-19-34)29-46-23-9-14-38(46)28-45-21-5-6-22-45/h7-8,10-13,16-19,24-25,38-40,42,47H,2-6,9,14-15,20-23,26-30H2,1H3,(H,43,48)(H,44,49)/t38-,39+,40-,42-/m0/s1. The Morgan fingerprint density at radius 1 is 0.804 bits per heavy atom. The minimum Gasteiger partial charge on any atom is -0.392 e. The Balaban J connectivity index is 1.11. The Kier molecular flexibility index (Phi) is 13.7. The molecule has 3 aliphatic rings. The highest BCUT2D eigenvalue weighted by atomic mass is 16.7. The summed E-state index contributed by atoms with van der Waals surface area (Å²) in [4.78, 5) is 28.8. The summed E-state index contributed by atoms with van der Waals surface area (Å²) < 4.78 is 13.5. The molecule has 0 bridgehead atoms. The fourth-order valence-electron chi connectivity index (χ4n) is 7.77. The van der Waals surface area contributed by atoms with Gasteiger partial charge in [0.05, 0.1) is 18.8 Å². The van der Waals surface area contributed by atoms with E-state index in [1.807, 2.05) is 24.3 Å². The zero-order chi connectivity index (χ0) is 35.4. The van der Waals surface area contributed by atoms with Crippen molar-refractivity contribution < 1.29 is 24.2 Å². The predicted molar refractivity (Wildman–Crippen MR) is 200 cm³/mol. The molecule has 51 heavy (non-hydrogen) atoms. The number of carbonyl (C=O) groups excluding carboxylic acids is 2. The number of aliphatic hydroxyl groups is 1. The van der Waals surface area contributed by atoms with Crippen molar-refractivity contribution in [2.75, 3.05) is 39.3 Å². The minimum absolute atomic E-state index is 0.0182. The first-order chi connectivity index (χ1) is 24.9. The van der Waals surface area contributed by atoms with Crippen LogP contribution in [-0.2, 0) is 32.2 Å². The van der Waals surface area contributed by atoms with Crippen LogP contribution in [0.5, 0.6) is 0 Å². The molecule has 6 rings (SSSR count). The lowest BCUT2D eigenvalue weighted by Crippen LogP contribution is -2.45. The van der Waals surface area contributed by atoms with E-state index in [0.717, 1.165) is 78.7 Å². The van der Waals surface area contributed by atoms with Gasteiger partial charge in [-0.05, 0) is 98.1 Å². The minimum atomic E-state index is -0.508. The summed E-state index contributed by atoms with van der Waals surface area (Å²) in [5, 5.41) is 15.5. The smallest absolute Gasteiger partial charge is 0.220 e. The highest BCUT2D eigenvalue weighted by Crippen LogP contribution is 2.39. The molecule has 0 aliphatic carbocycles. The maximum atomic E-state index is 12.5. The van der Waals surface area contributed by atoms with Crippen molar-refractivity contribution in [3.8, 4) is 11.1 Å². The van der Waals surface area contributed by atoms with E-state index in [0.29, 0.717) is 25.6 Å². The second-order valence-electron chi connectivity index (χ2n) is 14.5. The number of unbranched alkanes of at least 4 members (excludes halogenated alkanes) is 2. The third kappa shape index (κ3) is 10.9. The number of amides is 2. The molecule has 0 unspecified atom stereocenters. The van der Waals surface area contributed by atoms with Crippen molar-refractivity contribution in [3.05, 3.63) is 95.1 Å². The Labute approximate surface area is 303 Å². The van der Waals surface area contributed by atoms with Gasteiger partial charge in [0.15, 0.2) is 6.29 Å². The van der Waals surface area contributed by atoms with Gasteiger partial charge >= 0.3 is 0 Å². The van der Waals surface area contributed by atoms with E-state index in [1.165, 1.54) is 45.7 Å². The summed E-state index contributed by atoms with van der Waals surface area (Å²) in [5.74, 6) is 0.0234. The van der Waals surface area contributed by atoms with E-state index in [2.05, 4.69) is 69.0 Å². The number of aliphatic hydroxyl groups excluding tert-OH is 1. The molecule has 2 amide bonds. The fraction of sp³-hybridized carbons (Fsp3) is 0.524. The Morgan fingerprint density at radius 2 is 1.59 bits per heavy atom. The Morgan fingerprint density at radius 3 is 2.37 bits per heavy atom. The number of hydrogen-bond donors (Lipinski definition) is 3. The predicted octanol–water partition coefficient (Wildman–Crippen LogP) is 6.26. The Hall–Kier alpha value is -3.60. The third-order valence-corrected chi connectivity index (χ3v) is 10.6. The average molecular weight is 697 g/mol. The summed E-state index contributed by atoms with van der Waals surface area (Å²) in [6.07, 6.45) is 8.38. The number of nitrogens with one attached hydrogen (secondary N) is 2. The zero-order valence-electron chi connectivity index (χ0n) is 30.2. The monoisotopic (exact) mass is 696 g/mol. The van der Waals surface area contributed by atoms with Crippen molar-refractivity contribution in [2.45, 2.75) is 102 Å². The van der Waals surface area contributed by atoms with Gasteiger partial charge in [0, 0.05) is 57.5 Å². The molecule has 3 aromatic rings. The lowest BCUT2D eigenvalue weighted by molar-refractivity contribution is -0.253. The van der Waals surface area contributed by atoms with Crippen LogP contribution in [0.25, 0.3) is 11.1 Å². The first-order valence-corrected chi connectivity index (χ1v) is 19.1. The van der Waals surface area contributed by atoms with Gasteiger partial charge in [-0.15, -0.1) is 0 Å². The molecule has 0 aromatic heterocycles. The normalized spacial score (nSPS) is 22.6. The quantitative estimate of drug-likeness (QED) is 0.152. The number of nitrogens with zero attached hydrogens (tertiary/aromatic N) is 2. The van der Waals surface area contributed by atoms with Crippen LogP contribution in [0.2, 0.25) is 0 Å². The van der Waals surface area contributed by atoms with Crippen molar-refractivity contribution in [2.24, 2.45) is 0 Å². The summed E-state index contributed by atoms with van der Waals surface area (Å²) >= 11 is 0. The van der Waals surface area contributed by atoms with Crippen molar-refractivity contribution in [1.82, 2.24) is 20.4 Å². The summed E-state index contributed by atoms with van der Waals surface area (Å²) in [6, 6.07) is 25.5. The first-order valence-electron chi connectivity index (χ1n) is 19.1. The molecule has 3 N–H and O–H groups in total. The van der Waals surface area contributed by atoms with Crippen LogP contribution < -0.4 is 10.6 Å². The zero-order valence-corrected chi connectivity index (χ0v) is 30.2. The van der Waals surface area contributed by atoms with Crippen LogP contribution in [0.4, 0.5) is 0 Å². The lowest BCUT2D eigenvalue weighted by atomic mass is 9.98. The molecule has 9 heteroatoms. The van der Waals surface area contributed by atoms with Crippen LogP contribution in [0.15, 0.2) is 72.8 Å². The average Bonchev–Trinajstić information content (AvgIpc) is 3.84. The van der Waals surface area contributed by atoms with E-state index < -0.39 is 6.29 Å². The van der Waals surface area contributed by atoms with E-state index in [-0.39, 0.29) is 30.6 Å². The number of hydrogen-bond acceptors (Lipinski definition) is 7. The topological polar surface area (TPSA) is 103 Å². The van der Waals surface area contributed by atoms with E-state index in [4.69, 9.17) is 9.47 Å². The molecular weight excluding hydrogens is 640 g/mol. The van der Waals surface area contributed by atoms with Crippen molar-refractivity contribution in [3.63, 3.8) is 0 Å². The van der Waals surface area contributed by atoms with Gasteiger partial charge < -0.3 is 30.1 Å². The van der Waals surface area contributed by atoms with Gasteiger partial charge in [-0.3, -0.25) is 14.5 Å². The van der Waals surface area contributed by atoms with Crippen molar-refractivity contribution in [1.29, 1.82) is 0 Å². The molecular formula is C42H56N4O5. The van der Waals surface area contributed by atoms with Gasteiger partial charge in [0.25, 0.3) is 0 Å². The fourth-order valence-corrected chi connectivity index (χ4v) is 7.77. The van der Waals surface area contributed by atoms with Gasteiger partial charge in [-0.25, -0.2) is 0 Å². The maximum absolute atomic E-state index is 12.5. The van der Waals surface area contributed by atoms with E-state index in [9.17, 15) is 14.7 Å². The molecule has 3 heterocycles. The van der Waals surface area contributed by atoms with E-state index in [1.54, 1.807) is 0 Å². The summed E-state index contributed by atoms with van der Waals surface area (Å²) in [5.41, 5.74) is 6.18. The molecule has 9 nitrogen and oxygen atoms in total. The lowest BCUT2D eigenvalue weighted by Gasteiger charge is -2.39. The molecule has 3 aliphatic heterocycles.